The fourth-order valence-corrected chi connectivity index (χ4v) is 6.96. The maximum atomic E-state index is 11.8. The summed E-state index contributed by atoms with van der Waals surface area (Å²) in [5.74, 6) is 0.574. The molecule has 4 heteroatoms. The molecule has 0 aromatic rings. The van der Waals surface area contributed by atoms with Crippen molar-refractivity contribution in [2.75, 3.05) is 6.61 Å². The van der Waals surface area contributed by atoms with E-state index in [1.807, 2.05) is 6.92 Å². The summed E-state index contributed by atoms with van der Waals surface area (Å²) < 4.78 is 10.9. The Kier molecular flexibility index (Phi) is 47.0. The number of unbranched alkanes of at least 4 members (excludes halogenated alkanes) is 28. The third-order valence-electron chi connectivity index (χ3n) is 10.8. The van der Waals surface area contributed by atoms with Crippen LogP contribution in [0.25, 0.3) is 0 Å². The Morgan fingerprint density at radius 1 is 0.385 bits per heavy atom. The van der Waals surface area contributed by atoms with Crippen LogP contribution >= 0.6 is 0 Å². The van der Waals surface area contributed by atoms with E-state index in [4.69, 9.17) is 9.47 Å². The van der Waals surface area contributed by atoms with E-state index < -0.39 is 0 Å². The molecule has 0 spiro atoms. The van der Waals surface area contributed by atoms with Crippen LogP contribution in [0.3, 0.4) is 0 Å². The maximum Gasteiger partial charge on any atom is 0.306 e. The smallest absolute Gasteiger partial charge is 0.306 e. The first-order chi connectivity index (χ1) is 25.4. The highest BCUT2D eigenvalue weighted by atomic mass is 16.5. The number of hydrogen-bond donors (Lipinski definition) is 0. The number of carbonyl (C=O) groups is 2. The van der Waals surface area contributed by atoms with Gasteiger partial charge in [0.15, 0.2) is 0 Å². The Bertz CT molecular complexity index is 692. The summed E-state index contributed by atoms with van der Waals surface area (Å²) in [5, 5.41) is 0. The van der Waals surface area contributed by atoms with Crippen LogP contribution < -0.4 is 0 Å². The lowest BCUT2D eigenvalue weighted by Crippen LogP contribution is -2.14. The first-order valence-corrected chi connectivity index (χ1v) is 23.8. The summed E-state index contributed by atoms with van der Waals surface area (Å²) in [5.41, 5.74) is 0. The average molecular weight is 737 g/mol. The van der Waals surface area contributed by atoms with E-state index in [-0.39, 0.29) is 18.0 Å². The van der Waals surface area contributed by atoms with E-state index in [0.717, 1.165) is 38.5 Å². The third-order valence-corrected chi connectivity index (χ3v) is 10.8. The summed E-state index contributed by atoms with van der Waals surface area (Å²) in [7, 11) is 0. The van der Waals surface area contributed by atoms with Crippen molar-refractivity contribution in [1.82, 2.24) is 0 Å². The van der Waals surface area contributed by atoms with Crippen molar-refractivity contribution >= 4 is 11.9 Å². The van der Waals surface area contributed by atoms with Crippen LogP contribution in [0, 0.1) is 5.92 Å². The molecule has 0 aromatic heterocycles. The van der Waals surface area contributed by atoms with E-state index in [0.29, 0.717) is 25.4 Å². The zero-order valence-electron chi connectivity index (χ0n) is 36.7. The SMILES string of the molecule is CCCCCCCCCCCCCCCC(=O)OCC(CC)CCCC.CCCCCCCCCCCCCCCCC(C)OC(=O)CCCCC. The first kappa shape index (κ1) is 53.0. The Morgan fingerprint density at radius 3 is 1.12 bits per heavy atom. The molecular weight excluding hydrogens is 641 g/mol. The van der Waals surface area contributed by atoms with E-state index in [1.165, 1.54) is 186 Å². The molecule has 52 heavy (non-hydrogen) atoms. The molecule has 0 bridgehead atoms. The van der Waals surface area contributed by atoms with E-state index >= 15 is 0 Å². The van der Waals surface area contributed by atoms with Crippen molar-refractivity contribution < 1.29 is 19.1 Å². The highest BCUT2D eigenvalue weighted by Crippen LogP contribution is 2.17. The van der Waals surface area contributed by atoms with Crippen molar-refractivity contribution in [2.45, 2.75) is 285 Å². The van der Waals surface area contributed by atoms with Gasteiger partial charge in [-0.3, -0.25) is 9.59 Å². The molecular formula is C48H96O4. The van der Waals surface area contributed by atoms with E-state index in [2.05, 4.69) is 34.6 Å². The fraction of sp³-hybridized carbons (Fsp3) is 0.958. The van der Waals surface area contributed by atoms with Crippen LogP contribution in [0.5, 0.6) is 0 Å². The molecule has 0 amide bonds. The van der Waals surface area contributed by atoms with Gasteiger partial charge in [-0.2, -0.15) is 0 Å². The first-order valence-electron chi connectivity index (χ1n) is 23.8. The Morgan fingerprint density at radius 2 is 0.712 bits per heavy atom. The quantitative estimate of drug-likeness (QED) is 0.0464. The lowest BCUT2D eigenvalue weighted by molar-refractivity contribution is -0.148. The lowest BCUT2D eigenvalue weighted by Gasteiger charge is -2.14. The lowest BCUT2D eigenvalue weighted by atomic mass is 10.0. The van der Waals surface area contributed by atoms with Gasteiger partial charge in [0, 0.05) is 12.8 Å². The van der Waals surface area contributed by atoms with Crippen molar-refractivity contribution in [1.29, 1.82) is 0 Å². The van der Waals surface area contributed by atoms with Gasteiger partial charge in [0.25, 0.3) is 0 Å². The van der Waals surface area contributed by atoms with Crippen LogP contribution in [-0.4, -0.2) is 24.6 Å². The average Bonchev–Trinajstić information content (AvgIpc) is 3.14. The zero-order chi connectivity index (χ0) is 38.6. The van der Waals surface area contributed by atoms with Crippen LogP contribution in [0.4, 0.5) is 0 Å². The highest BCUT2D eigenvalue weighted by molar-refractivity contribution is 5.69. The Balaban J connectivity index is 0. The van der Waals surface area contributed by atoms with Crippen molar-refractivity contribution in [2.24, 2.45) is 5.92 Å². The maximum absolute atomic E-state index is 11.8. The van der Waals surface area contributed by atoms with Gasteiger partial charge >= 0.3 is 11.9 Å². The molecule has 0 heterocycles. The molecule has 4 nitrogen and oxygen atoms in total. The van der Waals surface area contributed by atoms with Gasteiger partial charge in [0.05, 0.1) is 12.7 Å². The van der Waals surface area contributed by atoms with Gasteiger partial charge in [-0.1, -0.05) is 227 Å². The third kappa shape index (κ3) is 45.1. The predicted octanol–water partition coefficient (Wildman–Crippen LogP) is 16.6. The molecule has 0 aliphatic heterocycles. The van der Waals surface area contributed by atoms with E-state index in [9.17, 15) is 9.59 Å². The van der Waals surface area contributed by atoms with Crippen molar-refractivity contribution in [3.8, 4) is 0 Å². The van der Waals surface area contributed by atoms with Crippen molar-refractivity contribution in [3.05, 3.63) is 0 Å². The predicted molar refractivity (Wildman–Crippen MR) is 229 cm³/mol. The summed E-state index contributed by atoms with van der Waals surface area (Å²) in [6, 6.07) is 0. The minimum absolute atomic E-state index is 0.00341. The minimum atomic E-state index is -0.00341. The highest BCUT2D eigenvalue weighted by Gasteiger charge is 2.10. The zero-order valence-corrected chi connectivity index (χ0v) is 36.7. The largest absolute Gasteiger partial charge is 0.465 e. The number of esters is 2. The molecule has 0 N–H and O–H groups in total. The Labute approximate surface area is 327 Å². The summed E-state index contributed by atoms with van der Waals surface area (Å²) in [6.45, 7) is 13.8. The van der Waals surface area contributed by atoms with E-state index in [1.54, 1.807) is 0 Å². The second-order valence-corrected chi connectivity index (χ2v) is 16.2. The molecule has 0 aromatic carbocycles. The molecule has 0 rings (SSSR count). The molecule has 0 aliphatic rings. The molecule has 2 unspecified atom stereocenters. The van der Waals surface area contributed by atoms with Gasteiger partial charge in [0.2, 0.25) is 0 Å². The second-order valence-electron chi connectivity index (χ2n) is 16.2. The van der Waals surface area contributed by atoms with Crippen LogP contribution in [-0.2, 0) is 19.1 Å². The molecule has 312 valence electrons. The summed E-state index contributed by atoms with van der Waals surface area (Å²) in [4.78, 5) is 23.5. The summed E-state index contributed by atoms with van der Waals surface area (Å²) >= 11 is 0. The monoisotopic (exact) mass is 737 g/mol. The molecule has 0 radical (unpaired) electrons. The number of ether oxygens (including phenoxy) is 2. The summed E-state index contributed by atoms with van der Waals surface area (Å²) in [6.07, 6.45) is 47.2. The molecule has 0 saturated heterocycles. The normalized spacial score (nSPS) is 12.3. The fourth-order valence-electron chi connectivity index (χ4n) is 6.96. The molecule has 0 saturated carbocycles. The van der Waals surface area contributed by atoms with Crippen LogP contribution in [0.1, 0.15) is 279 Å². The number of hydrogen-bond acceptors (Lipinski definition) is 4. The topological polar surface area (TPSA) is 52.6 Å². The van der Waals surface area contributed by atoms with Crippen molar-refractivity contribution in [3.63, 3.8) is 0 Å². The molecule has 0 fully saturated rings. The molecule has 2 atom stereocenters. The van der Waals surface area contributed by atoms with Crippen LogP contribution in [0.15, 0.2) is 0 Å². The van der Waals surface area contributed by atoms with Crippen LogP contribution in [0.2, 0.25) is 0 Å². The van der Waals surface area contributed by atoms with Gasteiger partial charge < -0.3 is 9.47 Å². The van der Waals surface area contributed by atoms with Gasteiger partial charge in [0.1, 0.15) is 0 Å². The van der Waals surface area contributed by atoms with Gasteiger partial charge in [-0.15, -0.1) is 0 Å². The second kappa shape index (κ2) is 46.1. The molecule has 0 aliphatic carbocycles. The van der Waals surface area contributed by atoms with Gasteiger partial charge in [-0.05, 0) is 44.9 Å². The number of carbonyl (C=O) groups excluding carboxylic acids is 2. The Hall–Kier alpha value is -1.06. The van der Waals surface area contributed by atoms with Gasteiger partial charge in [-0.25, -0.2) is 0 Å². The standard InChI is InChI=1S/2C24H48O2/c1-4-6-8-9-10-11-12-13-14-15-16-17-18-20-21-23(3)26-24(25)22-19-7-5-2;1-4-7-9-10-11-12-13-14-15-16-17-18-19-21-24(25)26-22-23(6-3)20-8-5-2/h2*23H,4-22H2,1-3H3. The number of rotatable bonds is 40. The minimum Gasteiger partial charge on any atom is -0.465 e.